The molecule has 7 aromatic carbocycles. The number of hydrogen-bond donors (Lipinski definition) is 0. The standard InChI is InChI=1S/C45H28N4Si/c1-47-34-21-24-39(25-22-34)50(37-14-5-3-6-15-37,38-16-7-4-8-17-38)45-19-10-9-18-40(45)33-12-11-13-36(29-33)49-43-26-20-32(31-46)28-41(43)42-30-35(48-2)23-27-44(42)49/h3-30H. The highest BCUT2D eigenvalue weighted by atomic mass is 28.3. The van der Waals surface area contributed by atoms with Crippen LogP contribution in [0.1, 0.15) is 5.56 Å². The van der Waals surface area contributed by atoms with Crippen molar-refractivity contribution in [1.29, 1.82) is 5.26 Å². The summed E-state index contributed by atoms with van der Waals surface area (Å²) in [5.74, 6) is 0. The highest BCUT2D eigenvalue weighted by molar-refractivity contribution is 7.20. The van der Waals surface area contributed by atoms with Crippen molar-refractivity contribution in [3.63, 3.8) is 0 Å². The lowest BCUT2D eigenvalue weighted by molar-refractivity contribution is 1.18. The summed E-state index contributed by atoms with van der Waals surface area (Å²) in [6.07, 6.45) is 0. The van der Waals surface area contributed by atoms with Gasteiger partial charge in [0.1, 0.15) is 0 Å². The molecule has 1 heterocycles. The first kappa shape index (κ1) is 30.4. The molecule has 8 rings (SSSR count). The molecule has 232 valence electrons. The van der Waals surface area contributed by atoms with E-state index in [1.165, 1.54) is 20.7 Å². The largest absolute Gasteiger partial charge is 0.309 e. The van der Waals surface area contributed by atoms with Gasteiger partial charge in [-0.3, -0.25) is 0 Å². The van der Waals surface area contributed by atoms with Crippen molar-refractivity contribution >= 4 is 62.0 Å². The van der Waals surface area contributed by atoms with Crippen molar-refractivity contribution in [3.05, 3.63) is 198 Å². The van der Waals surface area contributed by atoms with Gasteiger partial charge in [-0.15, -0.1) is 0 Å². The third kappa shape index (κ3) is 4.88. The number of nitrogens with zero attached hydrogens (tertiary/aromatic N) is 4. The van der Waals surface area contributed by atoms with Gasteiger partial charge < -0.3 is 4.57 Å². The Hall–Kier alpha value is -6.97. The Labute approximate surface area is 292 Å². The maximum atomic E-state index is 9.71. The van der Waals surface area contributed by atoms with E-state index >= 15 is 0 Å². The van der Waals surface area contributed by atoms with Crippen LogP contribution in [0.4, 0.5) is 11.4 Å². The van der Waals surface area contributed by atoms with Crippen LogP contribution in [0.25, 0.3) is 48.3 Å². The summed E-state index contributed by atoms with van der Waals surface area (Å²) in [4.78, 5) is 7.39. The monoisotopic (exact) mass is 652 g/mol. The summed E-state index contributed by atoms with van der Waals surface area (Å²) in [6, 6.07) is 61.0. The molecule has 0 aliphatic rings. The first-order valence-corrected chi connectivity index (χ1v) is 18.3. The minimum atomic E-state index is -2.92. The van der Waals surface area contributed by atoms with Gasteiger partial charge in [-0.25, -0.2) is 9.69 Å². The fourth-order valence-electron chi connectivity index (χ4n) is 7.43. The van der Waals surface area contributed by atoms with E-state index in [4.69, 9.17) is 13.1 Å². The molecule has 0 spiro atoms. The van der Waals surface area contributed by atoms with Crippen LogP contribution in [0, 0.1) is 24.5 Å². The first-order chi connectivity index (χ1) is 24.6. The maximum Gasteiger partial charge on any atom is 0.188 e. The van der Waals surface area contributed by atoms with Crippen LogP contribution >= 0.6 is 0 Å². The molecule has 8 aromatic rings. The van der Waals surface area contributed by atoms with E-state index in [1.54, 1.807) is 0 Å². The van der Waals surface area contributed by atoms with E-state index in [1.807, 2.05) is 48.5 Å². The van der Waals surface area contributed by atoms with Crippen molar-refractivity contribution in [2.75, 3.05) is 0 Å². The maximum absolute atomic E-state index is 9.71. The summed E-state index contributed by atoms with van der Waals surface area (Å²) in [6.45, 7) is 15.3. The van der Waals surface area contributed by atoms with E-state index in [0.29, 0.717) is 16.9 Å². The van der Waals surface area contributed by atoms with Crippen LogP contribution in [-0.4, -0.2) is 12.6 Å². The Morgan fingerprint density at radius 1 is 0.520 bits per heavy atom. The van der Waals surface area contributed by atoms with Crippen LogP contribution in [0.3, 0.4) is 0 Å². The molecular weight excluding hydrogens is 625 g/mol. The zero-order valence-electron chi connectivity index (χ0n) is 27.0. The Balaban J connectivity index is 1.41. The predicted octanol–water partition coefficient (Wildman–Crippen LogP) is 8.80. The second-order valence-electron chi connectivity index (χ2n) is 12.2. The van der Waals surface area contributed by atoms with Gasteiger partial charge in [0, 0.05) is 11.1 Å². The third-order valence-electron chi connectivity index (χ3n) is 9.60. The molecule has 0 saturated carbocycles. The zero-order chi connectivity index (χ0) is 34.1. The summed E-state index contributed by atoms with van der Waals surface area (Å²) < 4.78 is 2.23. The molecular formula is C45H28N4Si. The first-order valence-electron chi connectivity index (χ1n) is 16.3. The molecule has 1 aromatic heterocycles. The molecule has 0 aliphatic carbocycles. The Kier molecular flexibility index (Phi) is 7.63. The number of nitriles is 1. The summed E-state index contributed by atoms with van der Waals surface area (Å²) in [7, 11) is -2.92. The lowest BCUT2D eigenvalue weighted by atomic mass is 10.0. The van der Waals surface area contributed by atoms with Crippen LogP contribution in [0.15, 0.2) is 170 Å². The fourth-order valence-corrected chi connectivity index (χ4v) is 12.4. The highest BCUT2D eigenvalue weighted by Gasteiger charge is 2.42. The van der Waals surface area contributed by atoms with Crippen molar-refractivity contribution in [3.8, 4) is 22.9 Å². The minimum absolute atomic E-state index is 0.564. The zero-order valence-corrected chi connectivity index (χ0v) is 28.0. The predicted molar refractivity (Wildman–Crippen MR) is 207 cm³/mol. The second-order valence-corrected chi connectivity index (χ2v) is 16.0. The SMILES string of the molecule is [C-]#[N+]c1ccc([Si](c2ccccc2)(c2ccccc2)c2ccccc2-c2cccc(-n3c4ccc(C#N)cc4c4cc([N+]#[C-])ccc43)c2)cc1. The number of fused-ring (bicyclic) bond motifs is 3. The Morgan fingerprint density at radius 3 is 1.76 bits per heavy atom. The van der Waals surface area contributed by atoms with E-state index in [-0.39, 0.29) is 0 Å². The van der Waals surface area contributed by atoms with Crippen molar-refractivity contribution in [1.82, 2.24) is 4.57 Å². The quantitative estimate of drug-likeness (QED) is 0.101. The number of aromatic nitrogens is 1. The van der Waals surface area contributed by atoms with E-state index < -0.39 is 8.07 Å². The normalized spacial score (nSPS) is 11.1. The number of hydrogen-bond acceptors (Lipinski definition) is 1. The van der Waals surface area contributed by atoms with E-state index in [2.05, 4.69) is 142 Å². The Bertz CT molecular complexity index is 2560. The van der Waals surface area contributed by atoms with Gasteiger partial charge in [-0.2, -0.15) is 5.26 Å². The molecule has 0 aliphatic heterocycles. The number of rotatable bonds is 6. The van der Waals surface area contributed by atoms with Crippen LogP contribution in [0.2, 0.25) is 0 Å². The molecule has 0 bridgehead atoms. The number of benzene rings is 7. The average Bonchev–Trinajstić information content (AvgIpc) is 3.52. The topological polar surface area (TPSA) is 37.4 Å². The summed E-state index contributed by atoms with van der Waals surface area (Å²) >= 11 is 0. The van der Waals surface area contributed by atoms with Crippen LogP contribution < -0.4 is 20.7 Å². The summed E-state index contributed by atoms with van der Waals surface area (Å²) in [5, 5.41) is 16.6. The van der Waals surface area contributed by atoms with Gasteiger partial charge in [0.15, 0.2) is 19.4 Å². The molecule has 0 unspecified atom stereocenters. The van der Waals surface area contributed by atoms with Gasteiger partial charge in [-0.1, -0.05) is 127 Å². The van der Waals surface area contributed by atoms with Gasteiger partial charge in [-0.05, 0) is 79.7 Å². The fraction of sp³-hybridized carbons (Fsp3) is 0. The third-order valence-corrected chi connectivity index (χ3v) is 14.4. The van der Waals surface area contributed by atoms with Crippen molar-refractivity contribution < 1.29 is 0 Å². The van der Waals surface area contributed by atoms with E-state index in [0.717, 1.165) is 38.6 Å². The molecule has 4 nitrogen and oxygen atoms in total. The van der Waals surface area contributed by atoms with E-state index in [9.17, 15) is 5.26 Å². The molecule has 0 radical (unpaired) electrons. The van der Waals surface area contributed by atoms with Gasteiger partial charge in [0.25, 0.3) is 0 Å². The molecule has 5 heteroatoms. The highest BCUT2D eigenvalue weighted by Crippen LogP contribution is 2.36. The van der Waals surface area contributed by atoms with Gasteiger partial charge >= 0.3 is 0 Å². The molecule has 0 saturated heterocycles. The van der Waals surface area contributed by atoms with Crippen molar-refractivity contribution in [2.24, 2.45) is 0 Å². The summed E-state index contributed by atoms with van der Waals surface area (Å²) in [5.41, 5.74) is 6.94. The molecule has 0 N–H and O–H groups in total. The molecule has 0 fully saturated rings. The van der Waals surface area contributed by atoms with Gasteiger partial charge in [0.2, 0.25) is 0 Å². The average molecular weight is 653 g/mol. The van der Waals surface area contributed by atoms with Crippen LogP contribution in [-0.2, 0) is 0 Å². The molecule has 0 amide bonds. The lowest BCUT2D eigenvalue weighted by Crippen LogP contribution is -2.75. The Morgan fingerprint density at radius 2 is 1.10 bits per heavy atom. The van der Waals surface area contributed by atoms with Crippen LogP contribution in [0.5, 0.6) is 0 Å². The molecule has 50 heavy (non-hydrogen) atoms. The molecule has 0 atom stereocenters. The minimum Gasteiger partial charge on any atom is -0.309 e. The lowest BCUT2D eigenvalue weighted by Gasteiger charge is -2.36. The second kappa shape index (κ2) is 12.6. The smallest absolute Gasteiger partial charge is 0.188 e. The van der Waals surface area contributed by atoms with Crippen molar-refractivity contribution in [2.45, 2.75) is 0 Å². The van der Waals surface area contributed by atoms with Gasteiger partial charge in [0.05, 0.1) is 35.8 Å².